The monoisotopic (exact) mass is 481 g/mol. The summed E-state index contributed by atoms with van der Waals surface area (Å²) in [5, 5.41) is 4.32. The Morgan fingerprint density at radius 3 is 2.44 bits per heavy atom. The number of anilines is 2. The average Bonchev–Trinajstić information content (AvgIpc) is 3.36. The number of rotatable bonds is 2. The summed E-state index contributed by atoms with van der Waals surface area (Å²) in [6.07, 6.45) is 0.897. The van der Waals surface area contributed by atoms with Gasteiger partial charge in [0.1, 0.15) is 0 Å². The second-order valence-corrected chi connectivity index (χ2v) is 9.13. The predicted octanol–water partition coefficient (Wildman–Crippen LogP) is 5.65. The molecule has 0 aliphatic carbocycles. The zero-order valence-electron chi connectivity index (χ0n) is 21.3. The number of carbonyl (C=O) groups excluding carboxylic acids is 2. The number of nitrogens with zero attached hydrogens (tertiary/aromatic N) is 2. The van der Waals surface area contributed by atoms with E-state index in [4.69, 9.17) is 11.6 Å². The maximum absolute atomic E-state index is 12.4. The van der Waals surface area contributed by atoms with E-state index in [2.05, 4.69) is 17.2 Å². The first kappa shape index (κ1) is 27.3. The molecule has 2 aromatic carbocycles. The number of carbonyl (C=O) groups is 2. The topological polar surface area (TPSA) is 52.7 Å². The third kappa shape index (κ3) is 6.12. The molecule has 2 heterocycles. The van der Waals surface area contributed by atoms with Gasteiger partial charge in [-0.2, -0.15) is 0 Å². The molecule has 4 rings (SSSR count). The van der Waals surface area contributed by atoms with Crippen LogP contribution in [0, 0.1) is 18.8 Å². The Kier molecular flexibility index (Phi) is 9.58. The molecule has 0 saturated carbocycles. The summed E-state index contributed by atoms with van der Waals surface area (Å²) in [7, 11) is 1.82. The van der Waals surface area contributed by atoms with Crippen molar-refractivity contribution < 1.29 is 9.59 Å². The van der Waals surface area contributed by atoms with Gasteiger partial charge in [0.25, 0.3) is 5.91 Å². The highest BCUT2D eigenvalue weighted by Gasteiger charge is 2.42. The van der Waals surface area contributed by atoms with Crippen molar-refractivity contribution in [1.82, 2.24) is 4.90 Å². The van der Waals surface area contributed by atoms with E-state index in [0.717, 1.165) is 40.5 Å². The first-order valence-corrected chi connectivity index (χ1v) is 12.1. The number of likely N-dealkylation sites (N-methyl/N-ethyl adjacent to an activating group) is 1. The van der Waals surface area contributed by atoms with Crippen molar-refractivity contribution in [3.63, 3.8) is 0 Å². The molecule has 1 unspecified atom stereocenters. The summed E-state index contributed by atoms with van der Waals surface area (Å²) in [4.78, 5) is 27.7. The van der Waals surface area contributed by atoms with Gasteiger partial charge in [0.15, 0.2) is 0 Å². The summed E-state index contributed by atoms with van der Waals surface area (Å²) in [6.45, 7) is 13.0. The summed E-state index contributed by atoms with van der Waals surface area (Å²) in [6, 6.07) is 14.1. The number of fused-ring (bicyclic) bond motifs is 1. The molecule has 2 aromatic rings. The van der Waals surface area contributed by atoms with Gasteiger partial charge in [0.2, 0.25) is 5.91 Å². The fourth-order valence-electron chi connectivity index (χ4n) is 4.11. The van der Waals surface area contributed by atoms with E-state index >= 15 is 0 Å². The minimum atomic E-state index is -0.474. The van der Waals surface area contributed by atoms with E-state index in [1.54, 1.807) is 16.7 Å². The second-order valence-electron chi connectivity index (χ2n) is 8.73. The minimum absolute atomic E-state index is 0.108. The lowest BCUT2D eigenvalue weighted by Gasteiger charge is -2.17. The van der Waals surface area contributed by atoms with E-state index in [-0.39, 0.29) is 17.9 Å². The average molecular weight is 482 g/mol. The molecule has 6 heteroatoms. The van der Waals surface area contributed by atoms with Gasteiger partial charge < -0.3 is 15.1 Å². The van der Waals surface area contributed by atoms with Crippen molar-refractivity contribution in [1.29, 1.82) is 0 Å². The van der Waals surface area contributed by atoms with E-state index in [1.807, 2.05) is 84.1 Å². The molecule has 1 N–H and O–H groups in total. The summed E-state index contributed by atoms with van der Waals surface area (Å²) >= 11 is 5.71. The Hall–Kier alpha value is -2.97. The van der Waals surface area contributed by atoms with Crippen LogP contribution in [0.3, 0.4) is 0 Å². The number of hydrogen-bond donors (Lipinski definition) is 1. The van der Waals surface area contributed by atoms with Crippen molar-refractivity contribution in [2.24, 2.45) is 0 Å². The van der Waals surface area contributed by atoms with Crippen LogP contribution in [0.2, 0.25) is 5.02 Å². The fourth-order valence-corrected chi connectivity index (χ4v) is 4.24. The van der Waals surface area contributed by atoms with Crippen molar-refractivity contribution in [2.75, 3.05) is 30.4 Å². The highest BCUT2D eigenvalue weighted by atomic mass is 35.5. The van der Waals surface area contributed by atoms with Gasteiger partial charge in [-0.15, -0.1) is 0 Å². The fraction of sp³-hybridized carbons (Fsp3) is 0.429. The molecule has 2 aliphatic rings. The van der Waals surface area contributed by atoms with Crippen LogP contribution in [-0.2, 0) is 15.0 Å². The number of nitrogens with one attached hydrogen (secondary N) is 1. The third-order valence-electron chi connectivity index (χ3n) is 6.03. The molecule has 34 heavy (non-hydrogen) atoms. The molecule has 0 bridgehead atoms. The van der Waals surface area contributed by atoms with Gasteiger partial charge in [-0.3, -0.25) is 9.59 Å². The molecular weight excluding hydrogens is 446 g/mol. The largest absolute Gasteiger partial charge is 0.380 e. The molecule has 0 aromatic heterocycles. The van der Waals surface area contributed by atoms with Crippen LogP contribution >= 0.6 is 11.6 Å². The van der Waals surface area contributed by atoms with E-state index in [9.17, 15) is 9.59 Å². The molecule has 1 fully saturated rings. The van der Waals surface area contributed by atoms with E-state index < -0.39 is 5.41 Å². The van der Waals surface area contributed by atoms with Crippen molar-refractivity contribution >= 4 is 34.8 Å². The molecule has 5 nitrogen and oxygen atoms in total. The Morgan fingerprint density at radius 1 is 1.18 bits per heavy atom. The SMILES string of the molecule is CC.CC#CC(=O)N1CCC(Nc2ccc3c(c2)N(C)C(=O)C3(C)C)C1.Cc1ccccc1Cl. The molecular formula is C28H36ClN3O2. The Labute approximate surface area is 209 Å². The molecule has 1 saturated heterocycles. The zero-order valence-corrected chi connectivity index (χ0v) is 22.1. The number of halogens is 1. The molecule has 0 radical (unpaired) electrons. The Bertz CT molecular complexity index is 1060. The van der Waals surface area contributed by atoms with Crippen molar-refractivity contribution in [3.05, 3.63) is 58.6 Å². The zero-order chi connectivity index (χ0) is 25.5. The van der Waals surface area contributed by atoms with Gasteiger partial charge in [-0.1, -0.05) is 55.6 Å². The minimum Gasteiger partial charge on any atom is -0.380 e. The molecule has 2 amide bonds. The highest BCUT2D eigenvalue weighted by Crippen LogP contribution is 2.42. The van der Waals surface area contributed by atoms with E-state index in [1.165, 1.54) is 0 Å². The molecule has 2 aliphatic heterocycles. The number of hydrogen-bond acceptors (Lipinski definition) is 3. The first-order chi connectivity index (χ1) is 16.1. The van der Waals surface area contributed by atoms with Crippen LogP contribution < -0.4 is 10.2 Å². The van der Waals surface area contributed by atoms with Crippen LogP contribution in [0.1, 0.15) is 52.2 Å². The normalized spacial score (nSPS) is 17.4. The second kappa shape index (κ2) is 11.9. The highest BCUT2D eigenvalue weighted by molar-refractivity contribution is 6.31. The van der Waals surface area contributed by atoms with Crippen LogP contribution in [0.15, 0.2) is 42.5 Å². The molecule has 1 atom stereocenters. The van der Waals surface area contributed by atoms with Gasteiger partial charge in [-0.25, -0.2) is 0 Å². The van der Waals surface area contributed by atoms with Gasteiger partial charge >= 0.3 is 0 Å². The van der Waals surface area contributed by atoms with Crippen LogP contribution in [0.5, 0.6) is 0 Å². The molecule has 182 valence electrons. The van der Waals surface area contributed by atoms with E-state index in [0.29, 0.717) is 6.54 Å². The quantitative estimate of drug-likeness (QED) is 0.564. The van der Waals surface area contributed by atoms with Crippen molar-refractivity contribution in [2.45, 2.75) is 59.4 Å². The Balaban J connectivity index is 0.000000343. The van der Waals surface area contributed by atoms with Crippen LogP contribution in [0.25, 0.3) is 0 Å². The predicted molar refractivity (Wildman–Crippen MR) is 142 cm³/mol. The van der Waals surface area contributed by atoms with Gasteiger partial charge in [0, 0.05) is 42.6 Å². The number of benzene rings is 2. The smallest absolute Gasteiger partial charge is 0.298 e. The summed E-state index contributed by atoms with van der Waals surface area (Å²) in [5.74, 6) is 5.25. The third-order valence-corrected chi connectivity index (χ3v) is 6.45. The van der Waals surface area contributed by atoms with Crippen molar-refractivity contribution in [3.8, 4) is 11.8 Å². The lowest BCUT2D eigenvalue weighted by Crippen LogP contribution is -2.33. The number of amides is 2. The summed E-state index contributed by atoms with van der Waals surface area (Å²) in [5.41, 5.74) is 3.65. The first-order valence-electron chi connectivity index (χ1n) is 11.8. The van der Waals surface area contributed by atoms with Crippen LogP contribution in [0.4, 0.5) is 11.4 Å². The lowest BCUT2D eigenvalue weighted by molar-refractivity contribution is -0.124. The molecule has 0 spiro atoms. The standard InChI is InChI=1S/C19H23N3O2.C7H7Cl.C2H6/c1-5-6-17(23)22-10-9-14(12-22)20-13-7-8-15-16(11-13)21(4)18(24)19(15,2)3;1-6-4-2-3-5-7(6)8;1-2/h7-8,11,14,20H,9-10,12H2,1-4H3;2-5H,1H3;1-2H3. The van der Waals surface area contributed by atoms with Gasteiger partial charge in [0.05, 0.1) is 5.41 Å². The summed E-state index contributed by atoms with van der Waals surface area (Å²) < 4.78 is 0. The lowest BCUT2D eigenvalue weighted by atomic mass is 9.86. The number of likely N-dealkylation sites (tertiary alicyclic amines) is 1. The van der Waals surface area contributed by atoms with Crippen LogP contribution in [-0.4, -0.2) is 42.9 Å². The maximum atomic E-state index is 12.4. The maximum Gasteiger partial charge on any atom is 0.298 e. The number of aryl methyl sites for hydroxylation is 1. The van der Waals surface area contributed by atoms with Gasteiger partial charge in [-0.05, 0) is 69.4 Å². The Morgan fingerprint density at radius 2 is 1.85 bits per heavy atom.